The second-order valence-electron chi connectivity index (χ2n) is 8.39. The van der Waals surface area contributed by atoms with Gasteiger partial charge < -0.3 is 14.8 Å². The number of hydrazone groups is 1. The molecule has 0 saturated heterocycles. The third-order valence-corrected chi connectivity index (χ3v) is 4.79. The maximum absolute atomic E-state index is 12.3. The van der Waals surface area contributed by atoms with Gasteiger partial charge in [0.25, 0.3) is 0 Å². The van der Waals surface area contributed by atoms with Crippen LogP contribution < -0.4 is 20.2 Å². The number of aliphatic imine (C=N–C) groups is 1. The highest BCUT2D eigenvalue weighted by Gasteiger charge is 2.21. The molecule has 0 amide bonds. The molecular weight excluding hydrogens is 464 g/mol. The lowest BCUT2D eigenvalue weighted by atomic mass is 9.93. The molecule has 1 heterocycles. The molecule has 35 heavy (non-hydrogen) atoms. The average Bonchev–Trinajstić information content (AvgIpc) is 2.80. The zero-order valence-corrected chi connectivity index (χ0v) is 19.2. The van der Waals surface area contributed by atoms with Crippen LogP contribution in [0.15, 0.2) is 70.8 Å². The molecule has 0 saturated carbocycles. The van der Waals surface area contributed by atoms with E-state index in [0.717, 1.165) is 17.7 Å². The Labute approximate surface area is 201 Å². The fraction of sp³-hybridized carbons (Fsp3) is 0.280. The molecule has 0 unspecified atom stereocenters. The highest BCUT2D eigenvalue weighted by molar-refractivity contribution is 6.09. The summed E-state index contributed by atoms with van der Waals surface area (Å²) in [5.41, 5.74) is 4.99. The number of ether oxygens (including phenoxy) is 2. The van der Waals surface area contributed by atoms with E-state index in [2.05, 4.69) is 44.2 Å². The molecule has 186 valence electrons. The quantitative estimate of drug-likeness (QED) is 0.275. The van der Waals surface area contributed by atoms with Gasteiger partial charge in [-0.2, -0.15) is 22.7 Å². The molecule has 0 aromatic heterocycles. The summed E-state index contributed by atoms with van der Waals surface area (Å²) in [4.78, 5) is 4.45. The monoisotopic (exact) mass is 490 g/mol. The standard InChI is InChI=1S/C25H26F4N4O2/c1-25(2)15-30-24(31-16-25)33-32-19(9-3-17-5-11-20(12-6-17)34-22(26)27)10-4-18-7-13-21(14-8-18)35-23(28)29/h3-14,22-23H,15-16H2,1-2H3,(H2,30,31,33)/b9-3+,10-4+. The number of nitrogens with one attached hydrogen (secondary N) is 2. The van der Waals surface area contributed by atoms with E-state index in [0.29, 0.717) is 18.2 Å². The first-order chi connectivity index (χ1) is 16.7. The highest BCUT2D eigenvalue weighted by atomic mass is 19.3. The molecule has 0 atom stereocenters. The molecule has 0 bridgehead atoms. The zero-order valence-electron chi connectivity index (χ0n) is 19.2. The van der Waals surface area contributed by atoms with Crippen molar-refractivity contribution in [2.75, 3.05) is 13.1 Å². The molecule has 0 fully saturated rings. The summed E-state index contributed by atoms with van der Waals surface area (Å²) >= 11 is 0. The van der Waals surface area contributed by atoms with Crippen molar-refractivity contribution in [3.63, 3.8) is 0 Å². The predicted octanol–water partition coefficient (Wildman–Crippen LogP) is 5.55. The number of halogens is 4. The first-order valence-electron chi connectivity index (χ1n) is 10.8. The van der Waals surface area contributed by atoms with Crippen molar-refractivity contribution in [1.82, 2.24) is 10.7 Å². The Bertz CT molecular complexity index is 1010. The number of benzene rings is 2. The van der Waals surface area contributed by atoms with Crippen molar-refractivity contribution in [3.8, 4) is 11.5 Å². The molecule has 0 radical (unpaired) electrons. The molecule has 10 heteroatoms. The summed E-state index contributed by atoms with van der Waals surface area (Å²) in [6.07, 6.45) is 6.98. The summed E-state index contributed by atoms with van der Waals surface area (Å²) in [5, 5.41) is 7.58. The normalized spacial score (nSPS) is 15.3. The molecule has 0 aliphatic carbocycles. The van der Waals surface area contributed by atoms with Gasteiger partial charge in [0.2, 0.25) is 5.96 Å². The number of rotatable bonds is 9. The van der Waals surface area contributed by atoms with Crippen molar-refractivity contribution in [2.45, 2.75) is 27.1 Å². The Balaban J connectivity index is 1.75. The maximum Gasteiger partial charge on any atom is 0.387 e. The number of allylic oxidation sites excluding steroid dienone is 2. The van der Waals surface area contributed by atoms with E-state index in [9.17, 15) is 17.6 Å². The second kappa shape index (κ2) is 12.0. The Hall–Kier alpha value is -3.82. The van der Waals surface area contributed by atoms with Crippen LogP contribution >= 0.6 is 0 Å². The molecule has 0 spiro atoms. The largest absolute Gasteiger partial charge is 0.435 e. The molecule has 3 rings (SSSR count). The minimum absolute atomic E-state index is 0.0535. The number of alkyl halides is 4. The number of nitrogens with zero attached hydrogens (tertiary/aromatic N) is 2. The van der Waals surface area contributed by atoms with Crippen LogP contribution in [0, 0.1) is 5.41 Å². The fourth-order valence-electron chi connectivity index (χ4n) is 2.93. The van der Waals surface area contributed by atoms with Crippen molar-refractivity contribution >= 4 is 23.8 Å². The van der Waals surface area contributed by atoms with Crippen LogP contribution in [0.1, 0.15) is 25.0 Å². The third kappa shape index (κ3) is 9.15. The highest BCUT2D eigenvalue weighted by Crippen LogP contribution is 2.18. The Morgan fingerprint density at radius 1 is 0.914 bits per heavy atom. The lowest BCUT2D eigenvalue weighted by molar-refractivity contribution is -0.0505. The minimum atomic E-state index is -2.88. The van der Waals surface area contributed by atoms with Crippen LogP contribution in [-0.2, 0) is 0 Å². The molecule has 6 nitrogen and oxygen atoms in total. The fourth-order valence-corrected chi connectivity index (χ4v) is 2.93. The van der Waals surface area contributed by atoms with E-state index in [1.54, 1.807) is 48.6 Å². The summed E-state index contributed by atoms with van der Waals surface area (Å²) in [5.74, 6) is 0.679. The smallest absolute Gasteiger partial charge is 0.387 e. The van der Waals surface area contributed by atoms with Gasteiger partial charge in [0, 0.05) is 18.5 Å². The van der Waals surface area contributed by atoms with E-state index in [1.165, 1.54) is 24.3 Å². The van der Waals surface area contributed by atoms with Gasteiger partial charge in [0.05, 0.1) is 5.71 Å². The van der Waals surface area contributed by atoms with Gasteiger partial charge in [0.1, 0.15) is 11.5 Å². The van der Waals surface area contributed by atoms with Gasteiger partial charge in [-0.3, -0.25) is 4.99 Å². The number of hydrogen-bond acceptors (Lipinski definition) is 6. The summed E-state index contributed by atoms with van der Waals surface area (Å²) in [7, 11) is 0. The first-order valence-corrected chi connectivity index (χ1v) is 10.8. The van der Waals surface area contributed by atoms with Gasteiger partial charge in [0.15, 0.2) is 0 Å². The molecule has 1 aliphatic rings. The van der Waals surface area contributed by atoms with E-state index >= 15 is 0 Å². The second-order valence-corrected chi connectivity index (χ2v) is 8.39. The van der Waals surface area contributed by atoms with Crippen molar-refractivity contribution in [2.24, 2.45) is 15.5 Å². The Morgan fingerprint density at radius 2 is 1.40 bits per heavy atom. The van der Waals surface area contributed by atoms with Crippen LogP contribution in [0.3, 0.4) is 0 Å². The van der Waals surface area contributed by atoms with E-state index in [1.807, 2.05) is 0 Å². The number of guanidine groups is 1. The molecule has 2 N–H and O–H groups in total. The van der Waals surface area contributed by atoms with Crippen molar-refractivity contribution in [3.05, 3.63) is 71.8 Å². The topological polar surface area (TPSA) is 67.2 Å². The van der Waals surface area contributed by atoms with Crippen LogP contribution in [0.25, 0.3) is 12.2 Å². The average molecular weight is 491 g/mol. The molecule has 2 aromatic carbocycles. The lowest BCUT2D eigenvalue weighted by Gasteiger charge is -2.28. The summed E-state index contributed by atoms with van der Waals surface area (Å²) < 4.78 is 58.1. The SMILES string of the molecule is CC1(C)CN=C(NN=C(/C=C/c2ccc(OC(F)F)cc2)/C=C/c2ccc(OC(F)F)cc2)NC1. The maximum atomic E-state index is 12.3. The predicted molar refractivity (Wildman–Crippen MR) is 129 cm³/mol. The van der Waals surface area contributed by atoms with E-state index in [4.69, 9.17) is 0 Å². The summed E-state index contributed by atoms with van der Waals surface area (Å²) in [6, 6.07) is 12.3. The van der Waals surface area contributed by atoms with Gasteiger partial charge in [-0.25, -0.2) is 5.43 Å². The summed E-state index contributed by atoms with van der Waals surface area (Å²) in [6.45, 7) is -0.159. The molecule has 1 aliphatic heterocycles. The van der Waals surface area contributed by atoms with Crippen LogP contribution in [0.2, 0.25) is 0 Å². The van der Waals surface area contributed by atoms with Gasteiger partial charge in [-0.15, -0.1) is 0 Å². The molecular formula is C25H26F4N4O2. The van der Waals surface area contributed by atoms with Gasteiger partial charge in [-0.1, -0.05) is 50.3 Å². The van der Waals surface area contributed by atoms with E-state index < -0.39 is 13.2 Å². The Morgan fingerprint density at radius 3 is 1.80 bits per heavy atom. The molecule has 2 aromatic rings. The zero-order chi connectivity index (χ0) is 25.3. The first kappa shape index (κ1) is 25.8. The van der Waals surface area contributed by atoms with Crippen LogP contribution in [0.4, 0.5) is 17.6 Å². The van der Waals surface area contributed by atoms with Gasteiger partial charge >= 0.3 is 13.2 Å². The Kier molecular flexibility index (Phi) is 8.88. The van der Waals surface area contributed by atoms with Crippen LogP contribution in [0.5, 0.6) is 11.5 Å². The lowest BCUT2D eigenvalue weighted by Crippen LogP contribution is -2.46. The number of hydrogen-bond donors (Lipinski definition) is 2. The van der Waals surface area contributed by atoms with E-state index in [-0.39, 0.29) is 16.9 Å². The van der Waals surface area contributed by atoms with Gasteiger partial charge in [-0.05, 0) is 47.5 Å². The minimum Gasteiger partial charge on any atom is -0.435 e. The third-order valence-electron chi connectivity index (χ3n) is 4.79. The van der Waals surface area contributed by atoms with Crippen LogP contribution in [-0.4, -0.2) is 38.0 Å². The van der Waals surface area contributed by atoms with Crippen molar-refractivity contribution in [1.29, 1.82) is 0 Å². The van der Waals surface area contributed by atoms with Crippen molar-refractivity contribution < 1.29 is 27.0 Å².